The largest absolute Gasteiger partial charge is 0.461 e. The van der Waals surface area contributed by atoms with Crippen LogP contribution in [-0.4, -0.2) is 71.6 Å². The van der Waals surface area contributed by atoms with Gasteiger partial charge in [-0.2, -0.15) is 0 Å². The van der Waals surface area contributed by atoms with Crippen LogP contribution in [0, 0.1) is 17.8 Å². The number of likely N-dealkylation sites (tertiary alicyclic amines) is 1. The summed E-state index contributed by atoms with van der Waals surface area (Å²) in [7, 11) is 0. The zero-order chi connectivity index (χ0) is 35.8. The lowest BCUT2D eigenvalue weighted by atomic mass is 9.94. The molecule has 1 unspecified atom stereocenters. The van der Waals surface area contributed by atoms with Crippen LogP contribution >= 0.6 is 0 Å². The van der Waals surface area contributed by atoms with Crippen molar-refractivity contribution in [2.24, 2.45) is 23.5 Å². The molecule has 14 heteroatoms. The number of imide groups is 1. The van der Waals surface area contributed by atoms with E-state index in [0.29, 0.717) is 37.9 Å². The molecule has 6 N–H and O–H groups in total. The molecular weight excluding hydrogens is 620 g/mol. The molecular formula is C34H52N6O8. The number of carbonyl (C=O) groups is 7. The second-order valence-electron chi connectivity index (χ2n) is 12.7. The van der Waals surface area contributed by atoms with Crippen LogP contribution in [0.15, 0.2) is 24.3 Å². The maximum atomic E-state index is 13.4. The summed E-state index contributed by atoms with van der Waals surface area (Å²) in [6, 6.07) is 4.13. The predicted molar refractivity (Wildman–Crippen MR) is 179 cm³/mol. The van der Waals surface area contributed by atoms with E-state index in [9.17, 15) is 33.6 Å². The summed E-state index contributed by atoms with van der Waals surface area (Å²) in [5.41, 5.74) is 6.34. The van der Waals surface area contributed by atoms with Gasteiger partial charge in [-0.15, -0.1) is 0 Å². The first-order valence-electron chi connectivity index (χ1n) is 16.8. The normalized spacial score (nSPS) is 15.6. The summed E-state index contributed by atoms with van der Waals surface area (Å²) in [4.78, 5) is 88.0. The number of carbonyl (C=O) groups excluding carboxylic acids is 7. The van der Waals surface area contributed by atoms with Crippen molar-refractivity contribution in [3.63, 3.8) is 0 Å². The molecule has 3 atom stereocenters. The van der Waals surface area contributed by atoms with Gasteiger partial charge in [0.2, 0.25) is 29.5 Å². The van der Waals surface area contributed by atoms with Crippen molar-refractivity contribution < 1.29 is 38.3 Å². The van der Waals surface area contributed by atoms with E-state index in [-0.39, 0.29) is 80.3 Å². The number of hydrogen-bond donors (Lipinski definition) is 5. The summed E-state index contributed by atoms with van der Waals surface area (Å²) >= 11 is 0. The highest BCUT2D eigenvalue weighted by atomic mass is 16.5. The van der Waals surface area contributed by atoms with Gasteiger partial charge in [-0.1, -0.05) is 53.2 Å². The Balaban J connectivity index is 1.93. The van der Waals surface area contributed by atoms with Crippen molar-refractivity contribution in [1.82, 2.24) is 20.9 Å². The first-order valence-corrected chi connectivity index (χ1v) is 16.8. The van der Waals surface area contributed by atoms with E-state index in [2.05, 4.69) is 21.3 Å². The quantitative estimate of drug-likeness (QED) is 0.0789. The van der Waals surface area contributed by atoms with Crippen molar-refractivity contribution in [3.05, 3.63) is 29.8 Å². The third-order valence-corrected chi connectivity index (χ3v) is 8.15. The van der Waals surface area contributed by atoms with Gasteiger partial charge in [0, 0.05) is 44.0 Å². The summed E-state index contributed by atoms with van der Waals surface area (Å²) in [6.07, 6.45) is 2.92. The van der Waals surface area contributed by atoms with Crippen LogP contribution in [0.3, 0.4) is 0 Å². The number of anilines is 1. The Morgan fingerprint density at radius 2 is 1.62 bits per heavy atom. The number of hydrogen-bond acceptors (Lipinski definition) is 8. The zero-order valence-corrected chi connectivity index (χ0v) is 28.8. The second-order valence-corrected chi connectivity index (χ2v) is 12.7. The highest BCUT2D eigenvalue weighted by molar-refractivity contribution is 6.03. The minimum absolute atomic E-state index is 0.105. The number of nitrogens with one attached hydrogen (secondary N) is 4. The number of primary amides is 1. The molecule has 1 saturated heterocycles. The molecule has 14 nitrogen and oxygen atoms in total. The molecule has 0 saturated carbocycles. The SMILES string of the molecule is CCC(=O)OCc1ccc(NC(=O)[C@H](CCCNC(N)=O)NC(=O)[C@@H](NC(=O)CCCCCN2C(=O)CC(C(C)C)C2=O)C(C)C)cc1. The van der Waals surface area contributed by atoms with Crippen LogP contribution in [0.1, 0.15) is 91.5 Å². The molecule has 1 heterocycles. The molecule has 48 heavy (non-hydrogen) atoms. The van der Waals surface area contributed by atoms with Gasteiger partial charge < -0.3 is 31.7 Å². The number of benzene rings is 1. The average Bonchev–Trinajstić information content (AvgIpc) is 3.32. The monoisotopic (exact) mass is 672 g/mol. The summed E-state index contributed by atoms with van der Waals surface area (Å²) in [6.45, 7) is 9.76. The van der Waals surface area contributed by atoms with Gasteiger partial charge in [0.05, 0.1) is 0 Å². The number of esters is 1. The van der Waals surface area contributed by atoms with Crippen LogP contribution in [0.5, 0.6) is 0 Å². The molecule has 0 aliphatic carbocycles. The first kappa shape index (κ1) is 39.7. The lowest BCUT2D eigenvalue weighted by Crippen LogP contribution is -2.54. The third kappa shape index (κ3) is 13.3. The summed E-state index contributed by atoms with van der Waals surface area (Å²) < 4.78 is 5.12. The summed E-state index contributed by atoms with van der Waals surface area (Å²) in [5, 5.41) is 10.8. The van der Waals surface area contributed by atoms with Gasteiger partial charge >= 0.3 is 12.0 Å². The minimum atomic E-state index is -0.984. The maximum absolute atomic E-state index is 13.4. The smallest absolute Gasteiger partial charge is 0.312 e. The highest BCUT2D eigenvalue weighted by Gasteiger charge is 2.39. The van der Waals surface area contributed by atoms with Crippen LogP contribution < -0.4 is 27.0 Å². The van der Waals surface area contributed by atoms with Crippen molar-refractivity contribution >= 4 is 47.2 Å². The molecule has 1 aromatic carbocycles. The van der Waals surface area contributed by atoms with Gasteiger partial charge in [0.15, 0.2) is 0 Å². The second kappa shape index (κ2) is 20.0. The molecule has 0 aromatic heterocycles. The minimum Gasteiger partial charge on any atom is -0.461 e. The molecule has 1 fully saturated rings. The first-order chi connectivity index (χ1) is 22.7. The standard InChI is InChI=1S/C34H52N6O8/c1-6-29(43)48-20-23-13-15-24(16-14-23)37-31(44)26(11-10-17-36-34(35)47)38-32(45)30(22(4)5)39-27(41)12-8-7-9-18-40-28(42)19-25(21(2)3)33(40)46/h13-16,21-22,25-26,30H,6-12,17-20H2,1-5H3,(H,37,44)(H,38,45)(H,39,41)(H3,35,36,47)/t25?,26-,30-/m0/s1. The van der Waals surface area contributed by atoms with E-state index in [1.807, 2.05) is 13.8 Å². The maximum Gasteiger partial charge on any atom is 0.312 e. The molecule has 2 rings (SSSR count). The van der Waals surface area contributed by atoms with Crippen molar-refractivity contribution in [1.29, 1.82) is 0 Å². The van der Waals surface area contributed by atoms with E-state index in [1.165, 1.54) is 4.90 Å². The number of nitrogens with zero attached hydrogens (tertiary/aromatic N) is 1. The third-order valence-electron chi connectivity index (χ3n) is 8.15. The van der Waals surface area contributed by atoms with E-state index in [1.54, 1.807) is 45.0 Å². The fourth-order valence-electron chi connectivity index (χ4n) is 5.20. The predicted octanol–water partition coefficient (Wildman–Crippen LogP) is 2.74. The van der Waals surface area contributed by atoms with Gasteiger partial charge in [0.1, 0.15) is 18.7 Å². The van der Waals surface area contributed by atoms with Gasteiger partial charge in [-0.25, -0.2) is 4.79 Å². The Bertz CT molecular complexity index is 1280. The van der Waals surface area contributed by atoms with Crippen LogP contribution in [-0.2, 0) is 40.1 Å². The number of urea groups is 1. The Kier molecular flexibility index (Phi) is 16.5. The van der Waals surface area contributed by atoms with Crippen molar-refractivity contribution in [2.45, 2.75) is 105 Å². The lowest BCUT2D eigenvalue weighted by molar-refractivity contribution is -0.144. The highest BCUT2D eigenvalue weighted by Crippen LogP contribution is 2.26. The molecule has 0 radical (unpaired) electrons. The Hall–Kier alpha value is -4.49. The van der Waals surface area contributed by atoms with Crippen molar-refractivity contribution in [2.75, 3.05) is 18.4 Å². The number of rotatable bonds is 20. The van der Waals surface area contributed by atoms with Crippen LogP contribution in [0.25, 0.3) is 0 Å². The van der Waals surface area contributed by atoms with E-state index >= 15 is 0 Å². The van der Waals surface area contributed by atoms with Gasteiger partial charge in [0.25, 0.3) is 0 Å². The van der Waals surface area contributed by atoms with E-state index < -0.39 is 29.9 Å². The van der Waals surface area contributed by atoms with Crippen LogP contribution in [0.2, 0.25) is 0 Å². The Morgan fingerprint density at radius 1 is 0.938 bits per heavy atom. The summed E-state index contributed by atoms with van der Waals surface area (Å²) in [5.74, 6) is -2.39. The van der Waals surface area contributed by atoms with Gasteiger partial charge in [-0.3, -0.25) is 33.7 Å². The van der Waals surface area contributed by atoms with Crippen molar-refractivity contribution in [3.8, 4) is 0 Å². The number of nitrogens with two attached hydrogens (primary N) is 1. The fourth-order valence-corrected chi connectivity index (χ4v) is 5.20. The molecule has 1 aliphatic rings. The fraction of sp³-hybridized carbons (Fsp3) is 0.618. The number of ether oxygens (including phenoxy) is 1. The van der Waals surface area contributed by atoms with E-state index in [4.69, 9.17) is 10.5 Å². The molecule has 266 valence electrons. The van der Waals surface area contributed by atoms with E-state index in [0.717, 1.165) is 5.56 Å². The van der Waals surface area contributed by atoms with Gasteiger partial charge in [-0.05, 0) is 55.2 Å². The zero-order valence-electron chi connectivity index (χ0n) is 28.8. The molecule has 7 amide bonds. The molecule has 0 spiro atoms. The number of unbranched alkanes of at least 4 members (excludes halogenated alkanes) is 2. The molecule has 1 aromatic rings. The van der Waals surface area contributed by atoms with Crippen LogP contribution in [0.4, 0.5) is 10.5 Å². The molecule has 0 bridgehead atoms. The number of amides is 7. The molecule has 1 aliphatic heterocycles. The average molecular weight is 673 g/mol. The Morgan fingerprint density at radius 3 is 2.21 bits per heavy atom. The topological polar surface area (TPSA) is 206 Å². The Labute approximate surface area is 282 Å². The lowest BCUT2D eigenvalue weighted by Gasteiger charge is -2.25.